The fraction of sp³-hybridized carbons (Fsp3) is 0.583. The van der Waals surface area contributed by atoms with Crippen molar-refractivity contribution in [2.45, 2.75) is 26.2 Å². The predicted octanol–water partition coefficient (Wildman–Crippen LogP) is 0.891. The van der Waals surface area contributed by atoms with Crippen molar-refractivity contribution in [2.24, 2.45) is 5.92 Å². The third kappa shape index (κ3) is 3.15. The zero-order valence-electron chi connectivity index (χ0n) is 9.98. The Balaban J connectivity index is 2.57. The van der Waals surface area contributed by atoms with Crippen LogP contribution in [0.25, 0.3) is 0 Å². The Morgan fingerprint density at radius 3 is 2.88 bits per heavy atom. The van der Waals surface area contributed by atoms with Gasteiger partial charge in [-0.25, -0.2) is 0 Å². The zero-order chi connectivity index (χ0) is 12.8. The quantitative estimate of drug-likeness (QED) is 0.406. The number of amides is 2. The number of rotatable bonds is 5. The van der Waals surface area contributed by atoms with Gasteiger partial charge in [-0.1, -0.05) is 6.08 Å². The highest BCUT2D eigenvalue weighted by atomic mass is 16.5. The summed E-state index contributed by atoms with van der Waals surface area (Å²) in [5.41, 5.74) is 0. The lowest BCUT2D eigenvalue weighted by atomic mass is 10.1. The maximum Gasteiger partial charge on any atom is 0.318 e. The van der Waals surface area contributed by atoms with E-state index in [2.05, 4.69) is 6.58 Å². The number of allylic oxidation sites excluding steroid dienone is 1. The number of imide groups is 1. The first-order valence-corrected chi connectivity index (χ1v) is 5.73. The molecule has 0 radical (unpaired) electrons. The normalized spacial score (nSPS) is 19.2. The van der Waals surface area contributed by atoms with Crippen LogP contribution in [0, 0.1) is 5.92 Å². The third-order valence-corrected chi connectivity index (χ3v) is 2.64. The maximum absolute atomic E-state index is 11.8. The van der Waals surface area contributed by atoms with Gasteiger partial charge >= 0.3 is 5.97 Å². The van der Waals surface area contributed by atoms with E-state index in [9.17, 15) is 14.4 Å². The van der Waals surface area contributed by atoms with E-state index in [1.807, 2.05) is 0 Å². The molecule has 0 bridgehead atoms. The number of hydrogen-bond donors (Lipinski definition) is 0. The predicted molar refractivity (Wildman–Crippen MR) is 60.9 cm³/mol. The standard InChI is InChI=1S/C12H17NO4/c1-3-5-6-10(14)13-8-7-9(11(13)15)12(16)17-4-2/h3,9H,1,4-8H2,2H3. The number of ether oxygens (including phenoxy) is 1. The zero-order valence-corrected chi connectivity index (χ0v) is 9.98. The second kappa shape index (κ2) is 6.18. The average molecular weight is 239 g/mol. The summed E-state index contributed by atoms with van der Waals surface area (Å²) >= 11 is 0. The first kappa shape index (κ1) is 13.4. The summed E-state index contributed by atoms with van der Waals surface area (Å²) in [6.07, 6.45) is 2.77. The highest BCUT2D eigenvalue weighted by Gasteiger charge is 2.40. The largest absolute Gasteiger partial charge is 0.465 e. The van der Waals surface area contributed by atoms with Gasteiger partial charge in [0.25, 0.3) is 0 Å². The van der Waals surface area contributed by atoms with E-state index >= 15 is 0 Å². The smallest absolute Gasteiger partial charge is 0.318 e. The first-order chi connectivity index (χ1) is 8.11. The van der Waals surface area contributed by atoms with Crippen LogP contribution in [0.5, 0.6) is 0 Å². The Morgan fingerprint density at radius 2 is 2.29 bits per heavy atom. The molecule has 1 aliphatic heterocycles. The lowest BCUT2D eigenvalue weighted by Crippen LogP contribution is -2.35. The molecule has 0 spiro atoms. The molecule has 0 aromatic carbocycles. The van der Waals surface area contributed by atoms with Crippen LogP contribution in [0.3, 0.4) is 0 Å². The molecule has 1 heterocycles. The summed E-state index contributed by atoms with van der Waals surface area (Å²) in [6.45, 7) is 5.75. The molecule has 2 amide bonds. The molecule has 1 aliphatic rings. The van der Waals surface area contributed by atoms with Gasteiger partial charge in [0.15, 0.2) is 0 Å². The van der Waals surface area contributed by atoms with E-state index in [4.69, 9.17) is 4.74 Å². The molecule has 0 aromatic heterocycles. The van der Waals surface area contributed by atoms with E-state index < -0.39 is 17.8 Å². The van der Waals surface area contributed by atoms with Gasteiger partial charge in [0.1, 0.15) is 5.92 Å². The highest BCUT2D eigenvalue weighted by Crippen LogP contribution is 2.20. The molecule has 1 unspecified atom stereocenters. The van der Waals surface area contributed by atoms with Gasteiger partial charge in [-0.05, 0) is 19.8 Å². The molecule has 1 fully saturated rings. The number of esters is 1. The summed E-state index contributed by atoms with van der Waals surface area (Å²) in [5.74, 6) is -2.02. The summed E-state index contributed by atoms with van der Waals surface area (Å²) in [6, 6.07) is 0. The third-order valence-electron chi connectivity index (χ3n) is 2.64. The van der Waals surface area contributed by atoms with E-state index in [1.54, 1.807) is 13.0 Å². The van der Waals surface area contributed by atoms with Gasteiger partial charge in [-0.3, -0.25) is 19.3 Å². The van der Waals surface area contributed by atoms with Crippen LogP contribution in [0.4, 0.5) is 0 Å². The number of carbonyl (C=O) groups is 3. The number of nitrogens with zero attached hydrogens (tertiary/aromatic N) is 1. The molecular weight excluding hydrogens is 222 g/mol. The van der Waals surface area contributed by atoms with Crippen molar-refractivity contribution in [3.63, 3.8) is 0 Å². The van der Waals surface area contributed by atoms with Crippen molar-refractivity contribution >= 4 is 17.8 Å². The van der Waals surface area contributed by atoms with Crippen molar-refractivity contribution in [3.05, 3.63) is 12.7 Å². The number of hydrogen-bond acceptors (Lipinski definition) is 4. The minimum absolute atomic E-state index is 0.243. The maximum atomic E-state index is 11.8. The average Bonchev–Trinajstić information content (AvgIpc) is 2.68. The Labute approximate surface area is 100 Å². The van der Waals surface area contributed by atoms with Crippen molar-refractivity contribution in [2.75, 3.05) is 13.2 Å². The van der Waals surface area contributed by atoms with Crippen LogP contribution >= 0.6 is 0 Å². The number of carbonyl (C=O) groups excluding carboxylic acids is 3. The molecule has 1 atom stereocenters. The molecule has 5 nitrogen and oxygen atoms in total. The van der Waals surface area contributed by atoms with Gasteiger partial charge in [-0.2, -0.15) is 0 Å². The topological polar surface area (TPSA) is 63.7 Å². The molecule has 0 saturated carbocycles. The van der Waals surface area contributed by atoms with Crippen molar-refractivity contribution < 1.29 is 19.1 Å². The van der Waals surface area contributed by atoms with Crippen LogP contribution in [0.1, 0.15) is 26.2 Å². The summed E-state index contributed by atoms with van der Waals surface area (Å²) in [4.78, 5) is 36.0. The molecular formula is C12H17NO4. The lowest BCUT2D eigenvalue weighted by Gasteiger charge is -2.13. The van der Waals surface area contributed by atoms with Crippen molar-refractivity contribution in [1.29, 1.82) is 0 Å². The molecule has 0 N–H and O–H groups in total. The lowest BCUT2D eigenvalue weighted by molar-refractivity contribution is -0.153. The molecule has 1 rings (SSSR count). The second-order valence-corrected chi connectivity index (χ2v) is 3.80. The van der Waals surface area contributed by atoms with Gasteiger partial charge < -0.3 is 4.74 Å². The molecule has 5 heteroatoms. The van der Waals surface area contributed by atoms with Crippen LogP contribution in [-0.4, -0.2) is 35.8 Å². The first-order valence-electron chi connectivity index (χ1n) is 5.73. The second-order valence-electron chi connectivity index (χ2n) is 3.80. The van der Waals surface area contributed by atoms with Gasteiger partial charge in [0.2, 0.25) is 11.8 Å². The Bertz CT molecular complexity index is 337. The molecule has 17 heavy (non-hydrogen) atoms. The monoisotopic (exact) mass is 239 g/mol. The van der Waals surface area contributed by atoms with Crippen LogP contribution in [0.15, 0.2) is 12.7 Å². The van der Waals surface area contributed by atoms with Gasteiger partial charge in [0, 0.05) is 13.0 Å². The summed E-state index contributed by atoms with van der Waals surface area (Å²) in [7, 11) is 0. The van der Waals surface area contributed by atoms with E-state index in [0.29, 0.717) is 19.4 Å². The fourth-order valence-electron chi connectivity index (χ4n) is 1.75. The molecule has 0 aliphatic carbocycles. The van der Waals surface area contributed by atoms with Crippen molar-refractivity contribution in [1.82, 2.24) is 4.90 Å². The van der Waals surface area contributed by atoms with E-state index in [-0.39, 0.29) is 18.9 Å². The summed E-state index contributed by atoms with van der Waals surface area (Å²) < 4.78 is 4.79. The minimum atomic E-state index is -0.803. The Morgan fingerprint density at radius 1 is 1.59 bits per heavy atom. The highest BCUT2D eigenvalue weighted by molar-refractivity contribution is 6.06. The Hall–Kier alpha value is -1.65. The van der Waals surface area contributed by atoms with Gasteiger partial charge in [-0.15, -0.1) is 6.58 Å². The fourth-order valence-corrected chi connectivity index (χ4v) is 1.75. The van der Waals surface area contributed by atoms with Crippen LogP contribution < -0.4 is 0 Å². The Kier molecular flexibility index (Phi) is 4.87. The van der Waals surface area contributed by atoms with Crippen molar-refractivity contribution in [3.8, 4) is 0 Å². The van der Waals surface area contributed by atoms with E-state index in [0.717, 1.165) is 4.90 Å². The van der Waals surface area contributed by atoms with Crippen LogP contribution in [-0.2, 0) is 19.1 Å². The van der Waals surface area contributed by atoms with Gasteiger partial charge in [0.05, 0.1) is 6.61 Å². The number of likely N-dealkylation sites (tertiary alicyclic amines) is 1. The van der Waals surface area contributed by atoms with E-state index in [1.165, 1.54) is 0 Å². The SMILES string of the molecule is C=CCCC(=O)N1CCC(C(=O)OCC)C1=O. The van der Waals surface area contributed by atoms with Crippen LogP contribution in [0.2, 0.25) is 0 Å². The molecule has 94 valence electrons. The minimum Gasteiger partial charge on any atom is -0.465 e. The summed E-state index contributed by atoms with van der Waals surface area (Å²) in [5, 5.41) is 0. The molecule has 0 aromatic rings. The molecule has 1 saturated heterocycles.